The van der Waals surface area contributed by atoms with Crippen LogP contribution in [0.1, 0.15) is 19.5 Å². The highest BCUT2D eigenvalue weighted by Gasteiger charge is 2.30. The third kappa shape index (κ3) is 4.91. The van der Waals surface area contributed by atoms with Gasteiger partial charge in [-0.2, -0.15) is 13.2 Å². The van der Waals surface area contributed by atoms with E-state index in [0.717, 1.165) is 12.2 Å². The maximum atomic E-state index is 12.4. The Morgan fingerprint density at radius 3 is 2.56 bits per heavy atom. The topological polar surface area (TPSA) is 28.2 Å². The number of halogens is 3. The van der Waals surface area contributed by atoms with Crippen molar-refractivity contribution < 1.29 is 13.2 Å². The summed E-state index contributed by atoms with van der Waals surface area (Å²) in [6.07, 6.45) is -4.21. The molecule has 0 aliphatic heterocycles. The van der Waals surface area contributed by atoms with Gasteiger partial charge < -0.3 is 10.2 Å². The van der Waals surface area contributed by atoms with E-state index >= 15 is 0 Å². The molecule has 1 aromatic rings. The van der Waals surface area contributed by atoms with Gasteiger partial charge in [-0.15, -0.1) is 0 Å². The fraction of sp³-hybridized carbons (Fsp3) is 0.583. The van der Waals surface area contributed by atoms with E-state index in [0.29, 0.717) is 12.4 Å². The summed E-state index contributed by atoms with van der Waals surface area (Å²) in [4.78, 5) is 5.45. The summed E-state index contributed by atoms with van der Waals surface area (Å²) in [5.74, 6) is 0.366. The molecule has 1 heterocycles. The standard InChI is InChI=1S/C12H18F3N3/c1-3-16-8-10-6-5-7-11(17-10)18(4-2)9-12(13,14)15/h5-7,16H,3-4,8-9H2,1-2H3. The van der Waals surface area contributed by atoms with Gasteiger partial charge in [-0.25, -0.2) is 4.98 Å². The minimum Gasteiger partial charge on any atom is -0.348 e. The van der Waals surface area contributed by atoms with Gasteiger partial charge in [0.1, 0.15) is 12.4 Å². The molecule has 0 spiro atoms. The van der Waals surface area contributed by atoms with Crippen LogP contribution in [0.5, 0.6) is 0 Å². The molecule has 0 aliphatic carbocycles. The van der Waals surface area contributed by atoms with Crippen LogP contribution in [0.3, 0.4) is 0 Å². The average molecular weight is 261 g/mol. The zero-order valence-electron chi connectivity index (χ0n) is 10.6. The number of anilines is 1. The lowest BCUT2D eigenvalue weighted by Gasteiger charge is -2.23. The predicted molar refractivity (Wildman–Crippen MR) is 65.6 cm³/mol. The molecule has 1 N–H and O–H groups in total. The highest BCUT2D eigenvalue weighted by molar-refractivity contribution is 5.39. The number of aromatic nitrogens is 1. The Labute approximate surface area is 105 Å². The minimum atomic E-state index is -4.21. The molecule has 3 nitrogen and oxygen atoms in total. The average Bonchev–Trinajstić information content (AvgIpc) is 2.32. The molecule has 0 aliphatic rings. The van der Waals surface area contributed by atoms with E-state index in [1.165, 1.54) is 4.90 Å². The van der Waals surface area contributed by atoms with Crippen molar-refractivity contribution in [2.45, 2.75) is 26.6 Å². The molecular formula is C12H18F3N3. The molecular weight excluding hydrogens is 243 g/mol. The summed E-state index contributed by atoms with van der Waals surface area (Å²) in [6.45, 7) is 4.31. The maximum absolute atomic E-state index is 12.4. The molecule has 0 unspecified atom stereocenters. The molecule has 0 fully saturated rings. The molecule has 0 amide bonds. The molecule has 0 bridgehead atoms. The zero-order chi connectivity index (χ0) is 13.6. The van der Waals surface area contributed by atoms with E-state index < -0.39 is 12.7 Å². The van der Waals surface area contributed by atoms with Crippen LogP contribution in [0.4, 0.5) is 19.0 Å². The third-order valence-electron chi connectivity index (χ3n) is 2.42. The lowest BCUT2D eigenvalue weighted by Crippen LogP contribution is -2.34. The summed E-state index contributed by atoms with van der Waals surface area (Å²) in [5, 5.41) is 3.09. The molecule has 18 heavy (non-hydrogen) atoms. The van der Waals surface area contributed by atoms with E-state index in [2.05, 4.69) is 10.3 Å². The van der Waals surface area contributed by atoms with Crippen LogP contribution in [0.2, 0.25) is 0 Å². The summed E-state index contributed by atoms with van der Waals surface area (Å²) in [6, 6.07) is 5.13. The Balaban J connectivity index is 2.79. The quantitative estimate of drug-likeness (QED) is 0.853. The molecule has 0 aromatic carbocycles. The number of hydrogen-bond donors (Lipinski definition) is 1. The van der Waals surface area contributed by atoms with Crippen molar-refractivity contribution in [2.24, 2.45) is 0 Å². The van der Waals surface area contributed by atoms with Crippen LogP contribution in [0.15, 0.2) is 18.2 Å². The van der Waals surface area contributed by atoms with Gasteiger partial charge in [-0.3, -0.25) is 0 Å². The Morgan fingerprint density at radius 1 is 1.28 bits per heavy atom. The first-order chi connectivity index (χ1) is 8.46. The van der Waals surface area contributed by atoms with Gasteiger partial charge >= 0.3 is 6.18 Å². The Kier molecular flexibility index (Phi) is 5.40. The van der Waals surface area contributed by atoms with Crippen molar-refractivity contribution in [3.05, 3.63) is 23.9 Å². The SMILES string of the molecule is CCNCc1cccc(N(CC)CC(F)(F)F)n1. The van der Waals surface area contributed by atoms with Gasteiger partial charge in [0.15, 0.2) is 0 Å². The molecule has 6 heteroatoms. The molecule has 102 valence electrons. The van der Waals surface area contributed by atoms with Gasteiger partial charge in [0, 0.05) is 13.1 Å². The molecule has 1 rings (SSSR count). The lowest BCUT2D eigenvalue weighted by atomic mass is 10.3. The second-order valence-corrected chi connectivity index (χ2v) is 3.90. The first-order valence-electron chi connectivity index (χ1n) is 5.94. The van der Waals surface area contributed by atoms with E-state index in [4.69, 9.17) is 0 Å². The Morgan fingerprint density at radius 2 is 2.00 bits per heavy atom. The molecule has 1 aromatic heterocycles. The van der Waals surface area contributed by atoms with Crippen molar-refractivity contribution in [1.82, 2.24) is 10.3 Å². The number of pyridine rings is 1. The highest BCUT2D eigenvalue weighted by atomic mass is 19.4. The smallest absolute Gasteiger partial charge is 0.348 e. The Hall–Kier alpha value is -1.30. The van der Waals surface area contributed by atoms with Crippen LogP contribution >= 0.6 is 0 Å². The molecule has 0 atom stereocenters. The first-order valence-corrected chi connectivity index (χ1v) is 5.94. The number of alkyl halides is 3. The van der Waals surface area contributed by atoms with E-state index in [-0.39, 0.29) is 6.54 Å². The van der Waals surface area contributed by atoms with Gasteiger partial charge in [0.25, 0.3) is 0 Å². The monoisotopic (exact) mass is 261 g/mol. The first kappa shape index (κ1) is 14.8. The summed E-state index contributed by atoms with van der Waals surface area (Å²) < 4.78 is 37.2. The van der Waals surface area contributed by atoms with E-state index in [9.17, 15) is 13.2 Å². The maximum Gasteiger partial charge on any atom is 0.405 e. The van der Waals surface area contributed by atoms with Crippen LogP contribution in [-0.2, 0) is 6.54 Å². The van der Waals surface area contributed by atoms with Gasteiger partial charge in [-0.05, 0) is 25.6 Å². The third-order valence-corrected chi connectivity index (χ3v) is 2.42. The summed E-state index contributed by atoms with van der Waals surface area (Å²) in [7, 11) is 0. The van der Waals surface area contributed by atoms with Crippen molar-refractivity contribution in [1.29, 1.82) is 0 Å². The van der Waals surface area contributed by atoms with Crippen LogP contribution in [0.25, 0.3) is 0 Å². The number of rotatable bonds is 6. The predicted octanol–water partition coefficient (Wildman–Crippen LogP) is 2.58. The highest BCUT2D eigenvalue weighted by Crippen LogP contribution is 2.20. The Bertz CT molecular complexity index is 366. The fourth-order valence-corrected chi connectivity index (χ4v) is 1.57. The number of hydrogen-bond acceptors (Lipinski definition) is 3. The largest absolute Gasteiger partial charge is 0.405 e. The second-order valence-electron chi connectivity index (χ2n) is 3.90. The van der Waals surface area contributed by atoms with Crippen molar-refractivity contribution >= 4 is 5.82 Å². The van der Waals surface area contributed by atoms with Crippen molar-refractivity contribution in [3.8, 4) is 0 Å². The van der Waals surface area contributed by atoms with E-state index in [1.807, 2.05) is 6.92 Å². The lowest BCUT2D eigenvalue weighted by molar-refractivity contribution is -0.119. The van der Waals surface area contributed by atoms with Crippen LogP contribution in [0, 0.1) is 0 Å². The molecule has 0 saturated carbocycles. The number of nitrogens with one attached hydrogen (secondary N) is 1. The van der Waals surface area contributed by atoms with Crippen LogP contribution < -0.4 is 10.2 Å². The minimum absolute atomic E-state index is 0.275. The van der Waals surface area contributed by atoms with Crippen LogP contribution in [-0.4, -0.2) is 30.8 Å². The normalized spacial score (nSPS) is 11.6. The van der Waals surface area contributed by atoms with E-state index in [1.54, 1.807) is 25.1 Å². The molecule has 0 saturated heterocycles. The second kappa shape index (κ2) is 6.58. The zero-order valence-corrected chi connectivity index (χ0v) is 10.6. The van der Waals surface area contributed by atoms with Crippen molar-refractivity contribution in [3.63, 3.8) is 0 Å². The number of nitrogens with zero attached hydrogens (tertiary/aromatic N) is 2. The van der Waals surface area contributed by atoms with Gasteiger partial charge in [0.2, 0.25) is 0 Å². The van der Waals surface area contributed by atoms with Gasteiger partial charge in [-0.1, -0.05) is 13.0 Å². The summed E-state index contributed by atoms with van der Waals surface area (Å²) >= 11 is 0. The fourth-order valence-electron chi connectivity index (χ4n) is 1.57. The van der Waals surface area contributed by atoms with Gasteiger partial charge in [0.05, 0.1) is 5.69 Å². The van der Waals surface area contributed by atoms with Crippen molar-refractivity contribution in [2.75, 3.05) is 24.5 Å². The molecule has 0 radical (unpaired) electrons. The summed E-state index contributed by atoms with van der Waals surface area (Å²) in [5.41, 5.74) is 0.745.